The number of carbonyl (C=O) groups excluding carboxylic acids is 2. The van der Waals surface area contributed by atoms with Crippen molar-refractivity contribution >= 4 is 18.0 Å². The molecule has 0 atom stereocenters. The van der Waals surface area contributed by atoms with Crippen molar-refractivity contribution in [1.29, 1.82) is 0 Å². The number of amides is 2. The number of likely N-dealkylation sites (N-methyl/N-ethyl adjacent to an activating group) is 1. The Kier molecular flexibility index (Phi) is 7.20. The molecule has 2 N–H and O–H groups in total. The number of hydrogen-bond acceptors (Lipinski definition) is 4. The number of carbonyl (C=O) groups is 3. The van der Waals surface area contributed by atoms with Gasteiger partial charge in [0.2, 0.25) is 5.91 Å². The third-order valence-corrected chi connectivity index (χ3v) is 7.17. The predicted octanol–water partition coefficient (Wildman–Crippen LogP) is 4.41. The second-order valence-corrected chi connectivity index (χ2v) is 9.23. The van der Waals surface area contributed by atoms with Gasteiger partial charge in [-0.15, -0.1) is 0 Å². The molecule has 4 rings (SSSR count). The van der Waals surface area contributed by atoms with Gasteiger partial charge in [-0.2, -0.15) is 0 Å². The van der Waals surface area contributed by atoms with E-state index in [9.17, 15) is 19.5 Å². The van der Waals surface area contributed by atoms with E-state index >= 15 is 0 Å². The van der Waals surface area contributed by atoms with E-state index in [0.717, 1.165) is 41.5 Å². The molecule has 0 bridgehead atoms. The SMILES string of the molecule is CCN(CC(=O)O)C(=O)C1(CNC(=O)OCC2c3ccccc3-c3ccccc32)CCCCC1. The number of benzene rings is 2. The fourth-order valence-electron chi connectivity index (χ4n) is 5.41. The molecule has 0 saturated heterocycles. The average molecular weight is 465 g/mol. The minimum atomic E-state index is -1.04. The number of nitrogens with one attached hydrogen (secondary N) is 1. The average Bonchev–Trinajstić information content (AvgIpc) is 3.18. The molecular formula is C27H32N2O5. The van der Waals surface area contributed by atoms with Crippen LogP contribution < -0.4 is 5.32 Å². The molecule has 7 heteroatoms. The lowest BCUT2D eigenvalue weighted by Gasteiger charge is -2.39. The first-order valence-corrected chi connectivity index (χ1v) is 12.1. The standard InChI is InChI=1S/C27H32N2O5/c1-2-29(16-24(30)31)25(32)27(14-8-3-9-15-27)18-28-26(33)34-17-23-21-12-6-4-10-19(21)20-11-5-7-13-22(20)23/h4-7,10-13,23H,2-3,8-9,14-18H2,1H3,(H,28,33)(H,30,31). The number of fused-ring (bicyclic) bond motifs is 3. The Morgan fingerprint density at radius 2 is 1.59 bits per heavy atom. The minimum Gasteiger partial charge on any atom is -0.480 e. The predicted molar refractivity (Wildman–Crippen MR) is 128 cm³/mol. The summed E-state index contributed by atoms with van der Waals surface area (Å²) in [7, 11) is 0. The number of alkyl carbamates (subject to hydrolysis) is 1. The Morgan fingerprint density at radius 3 is 2.15 bits per heavy atom. The lowest BCUT2D eigenvalue weighted by Crippen LogP contribution is -2.52. The van der Waals surface area contributed by atoms with Crippen molar-refractivity contribution in [3.8, 4) is 11.1 Å². The van der Waals surface area contributed by atoms with Gasteiger partial charge in [0.15, 0.2) is 0 Å². The summed E-state index contributed by atoms with van der Waals surface area (Å²) in [6.07, 6.45) is 3.49. The fourth-order valence-corrected chi connectivity index (χ4v) is 5.41. The Bertz CT molecular complexity index is 1010. The van der Waals surface area contributed by atoms with Crippen LogP contribution in [0.4, 0.5) is 4.79 Å². The van der Waals surface area contributed by atoms with Crippen LogP contribution in [0.1, 0.15) is 56.1 Å². The van der Waals surface area contributed by atoms with Crippen molar-refractivity contribution in [2.45, 2.75) is 44.9 Å². The molecule has 1 saturated carbocycles. The fraction of sp³-hybridized carbons (Fsp3) is 0.444. The van der Waals surface area contributed by atoms with Gasteiger partial charge >= 0.3 is 12.1 Å². The lowest BCUT2D eigenvalue weighted by atomic mass is 9.72. The summed E-state index contributed by atoms with van der Waals surface area (Å²) in [6, 6.07) is 16.3. The highest BCUT2D eigenvalue weighted by molar-refractivity contribution is 5.87. The van der Waals surface area contributed by atoms with Gasteiger partial charge in [-0.1, -0.05) is 67.8 Å². The molecule has 7 nitrogen and oxygen atoms in total. The van der Waals surface area contributed by atoms with Crippen molar-refractivity contribution in [3.63, 3.8) is 0 Å². The zero-order valence-electron chi connectivity index (χ0n) is 19.6. The van der Waals surface area contributed by atoms with E-state index < -0.39 is 17.5 Å². The number of carboxylic acid groups (broad SMARTS) is 1. The summed E-state index contributed by atoms with van der Waals surface area (Å²) < 4.78 is 5.64. The molecule has 0 radical (unpaired) electrons. The normalized spacial score (nSPS) is 16.3. The second-order valence-electron chi connectivity index (χ2n) is 9.23. The van der Waals surface area contributed by atoms with E-state index in [1.807, 2.05) is 24.3 Å². The first kappa shape index (κ1) is 23.8. The first-order valence-electron chi connectivity index (χ1n) is 12.1. The van der Waals surface area contributed by atoms with E-state index in [0.29, 0.717) is 19.4 Å². The smallest absolute Gasteiger partial charge is 0.407 e. The summed E-state index contributed by atoms with van der Waals surface area (Å²) >= 11 is 0. The largest absolute Gasteiger partial charge is 0.480 e. The third-order valence-electron chi connectivity index (χ3n) is 7.17. The van der Waals surface area contributed by atoms with Crippen LogP contribution in [0.5, 0.6) is 0 Å². The summed E-state index contributed by atoms with van der Waals surface area (Å²) in [5.74, 6) is -1.27. The van der Waals surface area contributed by atoms with E-state index in [1.54, 1.807) is 6.92 Å². The Labute approximate surface area is 200 Å². The third kappa shape index (κ3) is 4.79. The van der Waals surface area contributed by atoms with Crippen LogP contribution in [0.15, 0.2) is 48.5 Å². The van der Waals surface area contributed by atoms with Crippen molar-refractivity contribution < 1.29 is 24.2 Å². The number of ether oxygens (including phenoxy) is 1. The van der Waals surface area contributed by atoms with Gasteiger partial charge in [0.05, 0.1) is 5.41 Å². The van der Waals surface area contributed by atoms with E-state index in [4.69, 9.17) is 4.74 Å². The first-order chi connectivity index (χ1) is 16.4. The maximum absolute atomic E-state index is 13.3. The number of rotatable bonds is 8. The molecule has 0 heterocycles. The van der Waals surface area contributed by atoms with E-state index in [1.165, 1.54) is 4.90 Å². The maximum Gasteiger partial charge on any atom is 0.407 e. The highest BCUT2D eigenvalue weighted by Crippen LogP contribution is 2.44. The number of nitrogens with zero attached hydrogens (tertiary/aromatic N) is 1. The minimum absolute atomic E-state index is 0.0328. The Morgan fingerprint density at radius 1 is 1.00 bits per heavy atom. The molecule has 0 aliphatic heterocycles. The van der Waals surface area contributed by atoms with Crippen molar-refractivity contribution in [2.75, 3.05) is 26.2 Å². The molecular weight excluding hydrogens is 432 g/mol. The van der Waals surface area contributed by atoms with Crippen molar-refractivity contribution in [2.24, 2.45) is 5.41 Å². The van der Waals surface area contributed by atoms with Crippen LogP contribution in [0.2, 0.25) is 0 Å². The van der Waals surface area contributed by atoms with Crippen LogP contribution in [0.25, 0.3) is 11.1 Å². The van der Waals surface area contributed by atoms with Crippen molar-refractivity contribution in [1.82, 2.24) is 10.2 Å². The molecule has 2 aromatic carbocycles. The number of carboxylic acids is 1. The summed E-state index contributed by atoms with van der Waals surface area (Å²) in [5, 5.41) is 12.0. The Hall–Kier alpha value is -3.35. The Balaban J connectivity index is 1.41. The zero-order chi connectivity index (χ0) is 24.1. The van der Waals surface area contributed by atoms with Gasteiger partial charge in [-0.3, -0.25) is 9.59 Å². The molecule has 0 aromatic heterocycles. The van der Waals surface area contributed by atoms with Gasteiger partial charge in [0, 0.05) is 19.0 Å². The highest BCUT2D eigenvalue weighted by Gasteiger charge is 2.42. The van der Waals surface area contributed by atoms with Crippen molar-refractivity contribution in [3.05, 3.63) is 59.7 Å². The van der Waals surface area contributed by atoms with Gasteiger partial charge in [0.25, 0.3) is 0 Å². The number of hydrogen-bond donors (Lipinski definition) is 2. The molecule has 0 unspecified atom stereocenters. The van der Waals surface area contributed by atoms with Gasteiger partial charge in [0.1, 0.15) is 13.2 Å². The molecule has 2 amide bonds. The maximum atomic E-state index is 13.3. The lowest BCUT2D eigenvalue weighted by molar-refractivity contribution is -0.151. The molecule has 1 fully saturated rings. The molecule has 0 spiro atoms. The molecule has 2 aliphatic carbocycles. The van der Waals surface area contributed by atoms with Crippen LogP contribution in [-0.2, 0) is 14.3 Å². The van der Waals surface area contributed by atoms with Crippen LogP contribution >= 0.6 is 0 Å². The van der Waals surface area contributed by atoms with E-state index in [2.05, 4.69) is 29.6 Å². The van der Waals surface area contributed by atoms with Gasteiger partial charge in [-0.05, 0) is 42.0 Å². The molecule has 2 aliphatic rings. The summed E-state index contributed by atoms with van der Waals surface area (Å²) in [4.78, 5) is 38.6. The van der Waals surface area contributed by atoms with Crippen LogP contribution in [0, 0.1) is 5.41 Å². The van der Waals surface area contributed by atoms with Gasteiger partial charge in [-0.25, -0.2) is 4.79 Å². The summed E-state index contributed by atoms with van der Waals surface area (Å²) in [5.41, 5.74) is 3.83. The number of aliphatic carboxylic acids is 1. The molecule has 2 aromatic rings. The van der Waals surface area contributed by atoms with Gasteiger partial charge < -0.3 is 20.1 Å². The zero-order valence-corrected chi connectivity index (χ0v) is 19.6. The quantitative estimate of drug-likeness (QED) is 0.603. The second kappa shape index (κ2) is 10.3. The van der Waals surface area contributed by atoms with Crippen LogP contribution in [-0.4, -0.2) is 54.2 Å². The van der Waals surface area contributed by atoms with Crippen LogP contribution in [0.3, 0.4) is 0 Å². The molecule has 180 valence electrons. The topological polar surface area (TPSA) is 95.9 Å². The molecule has 34 heavy (non-hydrogen) atoms. The monoisotopic (exact) mass is 464 g/mol. The van der Waals surface area contributed by atoms with E-state index in [-0.39, 0.29) is 31.5 Å². The summed E-state index contributed by atoms with van der Waals surface area (Å²) in [6.45, 7) is 2.12. The highest BCUT2D eigenvalue weighted by atomic mass is 16.5.